The second-order valence-corrected chi connectivity index (χ2v) is 16.4. The van der Waals surface area contributed by atoms with Gasteiger partial charge < -0.3 is 9.13 Å². The lowest BCUT2D eigenvalue weighted by Crippen LogP contribution is -2.04. The van der Waals surface area contributed by atoms with Gasteiger partial charge in [0.25, 0.3) is 0 Å². The molecule has 0 amide bonds. The first-order valence-corrected chi connectivity index (χ1v) is 21.7. The summed E-state index contributed by atoms with van der Waals surface area (Å²) in [5.74, 6) is -1.40. The van der Waals surface area contributed by atoms with E-state index in [9.17, 15) is 5.26 Å². The second-order valence-electron chi connectivity index (χ2n) is 16.4. The SMILES string of the molecule is N#Cc1cc(-n2c3ccccc3c3cc(-c4cccc(-c5ccccc5)n4)ccc32)c(-c2cc(F)cc(F)c2)cc1-n1c2ccccc2c2cc(-c3cccc(-c4ccccc4)n3)ccc21. The minimum absolute atomic E-state index is 0.338. The van der Waals surface area contributed by atoms with Crippen molar-refractivity contribution in [2.24, 2.45) is 0 Å². The molecule has 7 heteroatoms. The van der Waals surface area contributed by atoms with Crippen LogP contribution >= 0.6 is 0 Å². The summed E-state index contributed by atoms with van der Waals surface area (Å²) in [6.45, 7) is 0. The van der Waals surface area contributed by atoms with Crippen molar-refractivity contribution in [3.05, 3.63) is 230 Å². The van der Waals surface area contributed by atoms with E-state index in [-0.39, 0.29) is 0 Å². The number of nitrogens with zero attached hydrogens (tertiary/aromatic N) is 5. The van der Waals surface area contributed by atoms with Gasteiger partial charge in [-0.05, 0) is 90.5 Å². The standard InChI is InChI=1S/C59H35F2N5/c60-43-29-41(30-44(61)34-43)47-35-58(65-54-23-9-7-17-45(54)48-31-39(25-27-56(48)65)52-21-11-19-50(63-52)37-13-3-1-4-14-37)42(36-62)33-59(47)66-55-24-10-8-18-46(55)49-32-40(26-28-57(49)66)53-22-12-20-51(64-53)38-15-5-2-6-16-38/h1-35H. The van der Waals surface area contributed by atoms with Crippen LogP contribution in [0, 0.1) is 23.0 Å². The molecule has 0 aliphatic heterocycles. The first-order valence-electron chi connectivity index (χ1n) is 21.7. The summed E-state index contributed by atoms with van der Waals surface area (Å²) in [5, 5.41) is 15.0. The first-order chi connectivity index (χ1) is 32.5. The fraction of sp³-hybridized carbons (Fsp3) is 0. The molecule has 12 rings (SSSR count). The van der Waals surface area contributed by atoms with Gasteiger partial charge in [-0.3, -0.25) is 0 Å². The van der Waals surface area contributed by atoms with E-state index in [4.69, 9.17) is 9.97 Å². The molecule has 66 heavy (non-hydrogen) atoms. The average Bonchev–Trinajstić information content (AvgIpc) is 3.88. The zero-order valence-corrected chi connectivity index (χ0v) is 35.2. The van der Waals surface area contributed by atoms with E-state index in [2.05, 4.69) is 75.9 Å². The summed E-state index contributed by atoms with van der Waals surface area (Å²) in [5.41, 5.74) is 13.3. The molecule has 0 spiro atoms. The van der Waals surface area contributed by atoms with Gasteiger partial charge in [0.2, 0.25) is 0 Å². The van der Waals surface area contributed by atoms with Gasteiger partial charge in [-0.25, -0.2) is 18.7 Å². The third-order valence-electron chi connectivity index (χ3n) is 12.5. The topological polar surface area (TPSA) is 59.4 Å². The molecular formula is C59H35F2N5. The summed E-state index contributed by atoms with van der Waals surface area (Å²) < 4.78 is 34.9. The molecule has 0 radical (unpaired) electrons. The summed E-state index contributed by atoms with van der Waals surface area (Å²) in [7, 11) is 0. The number of pyridine rings is 2. The Morgan fingerprint density at radius 3 is 1.29 bits per heavy atom. The number of hydrogen-bond donors (Lipinski definition) is 0. The fourth-order valence-electron chi connectivity index (χ4n) is 9.49. The smallest absolute Gasteiger partial charge is 0.126 e. The lowest BCUT2D eigenvalue weighted by atomic mass is 9.98. The van der Waals surface area contributed by atoms with Crippen LogP contribution in [0.15, 0.2) is 212 Å². The molecule has 0 saturated heterocycles. The number of benzene rings is 8. The van der Waals surface area contributed by atoms with Crippen molar-refractivity contribution in [1.29, 1.82) is 5.26 Å². The van der Waals surface area contributed by atoms with Crippen LogP contribution in [0.5, 0.6) is 0 Å². The predicted octanol–water partition coefficient (Wildman–Crippen LogP) is 15.2. The molecule has 310 valence electrons. The average molecular weight is 852 g/mol. The van der Waals surface area contributed by atoms with Crippen molar-refractivity contribution in [1.82, 2.24) is 19.1 Å². The minimum Gasteiger partial charge on any atom is -0.309 e. The van der Waals surface area contributed by atoms with E-state index in [0.29, 0.717) is 28.1 Å². The molecule has 0 aliphatic carbocycles. The van der Waals surface area contributed by atoms with Gasteiger partial charge in [0.1, 0.15) is 17.7 Å². The number of para-hydroxylation sites is 2. The molecule has 0 aliphatic rings. The molecule has 0 atom stereocenters. The highest BCUT2D eigenvalue weighted by molar-refractivity contribution is 6.12. The van der Waals surface area contributed by atoms with E-state index < -0.39 is 11.6 Å². The highest BCUT2D eigenvalue weighted by Crippen LogP contribution is 2.42. The summed E-state index contributed by atoms with van der Waals surface area (Å²) in [6, 6.07) is 70.9. The number of halogens is 2. The Hall–Kier alpha value is -8.99. The third kappa shape index (κ3) is 6.51. The zero-order chi connectivity index (χ0) is 44.3. The highest BCUT2D eigenvalue weighted by atomic mass is 19.1. The number of fused-ring (bicyclic) bond motifs is 6. The lowest BCUT2D eigenvalue weighted by Gasteiger charge is -2.19. The largest absolute Gasteiger partial charge is 0.309 e. The van der Waals surface area contributed by atoms with Crippen molar-refractivity contribution >= 4 is 43.6 Å². The van der Waals surface area contributed by atoms with Crippen LogP contribution in [0.2, 0.25) is 0 Å². The maximum Gasteiger partial charge on any atom is 0.126 e. The van der Waals surface area contributed by atoms with E-state index >= 15 is 8.78 Å². The zero-order valence-electron chi connectivity index (χ0n) is 35.2. The Morgan fingerprint density at radius 1 is 0.348 bits per heavy atom. The van der Waals surface area contributed by atoms with Crippen molar-refractivity contribution in [2.75, 3.05) is 0 Å². The van der Waals surface area contributed by atoms with E-state index in [1.807, 2.05) is 133 Å². The van der Waals surface area contributed by atoms with Crippen LogP contribution in [0.1, 0.15) is 5.56 Å². The maximum absolute atomic E-state index is 15.4. The van der Waals surface area contributed by atoms with Gasteiger partial charge in [0.15, 0.2) is 0 Å². The lowest BCUT2D eigenvalue weighted by molar-refractivity contribution is 0.584. The van der Waals surface area contributed by atoms with Crippen molar-refractivity contribution < 1.29 is 8.78 Å². The number of hydrogen-bond acceptors (Lipinski definition) is 3. The van der Waals surface area contributed by atoms with Gasteiger partial charge in [-0.1, -0.05) is 121 Å². The summed E-state index contributed by atoms with van der Waals surface area (Å²) in [6.07, 6.45) is 0. The molecule has 8 aromatic carbocycles. The molecular weight excluding hydrogens is 817 g/mol. The highest BCUT2D eigenvalue weighted by Gasteiger charge is 2.23. The number of rotatable bonds is 7. The van der Waals surface area contributed by atoms with Crippen LogP contribution in [-0.2, 0) is 0 Å². The Bertz CT molecular complexity index is 3900. The number of aromatic nitrogens is 4. The molecule has 12 aromatic rings. The molecule has 5 nitrogen and oxygen atoms in total. The Kier molecular flexibility index (Phi) is 9.18. The Balaban J connectivity index is 1.07. The van der Waals surface area contributed by atoms with Crippen molar-refractivity contribution in [3.63, 3.8) is 0 Å². The van der Waals surface area contributed by atoms with E-state index in [0.717, 1.165) is 94.7 Å². The molecule has 0 bridgehead atoms. The van der Waals surface area contributed by atoms with Crippen LogP contribution in [0.4, 0.5) is 8.78 Å². The molecule has 0 saturated carbocycles. The minimum atomic E-state index is -0.701. The third-order valence-corrected chi connectivity index (χ3v) is 12.5. The van der Waals surface area contributed by atoms with Crippen LogP contribution < -0.4 is 0 Å². The maximum atomic E-state index is 15.4. The van der Waals surface area contributed by atoms with Crippen molar-refractivity contribution in [2.45, 2.75) is 0 Å². The van der Waals surface area contributed by atoms with Gasteiger partial charge in [-0.15, -0.1) is 0 Å². The Labute approximate surface area is 378 Å². The number of nitriles is 1. The molecule has 4 aromatic heterocycles. The van der Waals surface area contributed by atoms with E-state index in [1.54, 1.807) is 0 Å². The van der Waals surface area contributed by atoms with Crippen LogP contribution in [0.3, 0.4) is 0 Å². The normalized spacial score (nSPS) is 11.5. The quantitative estimate of drug-likeness (QED) is 0.160. The van der Waals surface area contributed by atoms with Gasteiger partial charge >= 0.3 is 0 Å². The molecule has 0 N–H and O–H groups in total. The van der Waals surface area contributed by atoms with Crippen molar-refractivity contribution in [3.8, 4) is 73.6 Å². The molecule has 4 heterocycles. The van der Waals surface area contributed by atoms with Gasteiger partial charge in [-0.2, -0.15) is 5.26 Å². The van der Waals surface area contributed by atoms with E-state index in [1.165, 1.54) is 12.1 Å². The summed E-state index contributed by atoms with van der Waals surface area (Å²) in [4.78, 5) is 10.1. The molecule has 0 unspecified atom stereocenters. The first kappa shape index (κ1) is 38.7. The Morgan fingerprint density at radius 2 is 0.788 bits per heavy atom. The van der Waals surface area contributed by atoms with Gasteiger partial charge in [0, 0.05) is 55.4 Å². The van der Waals surface area contributed by atoms with Crippen LogP contribution in [0.25, 0.3) is 111 Å². The second kappa shape index (κ2) is 15.7. The monoisotopic (exact) mass is 851 g/mol. The summed E-state index contributed by atoms with van der Waals surface area (Å²) >= 11 is 0. The fourth-order valence-corrected chi connectivity index (χ4v) is 9.49. The molecule has 0 fully saturated rings. The van der Waals surface area contributed by atoms with Gasteiger partial charge in [0.05, 0.1) is 61.8 Å². The predicted molar refractivity (Wildman–Crippen MR) is 263 cm³/mol. The van der Waals surface area contributed by atoms with Crippen LogP contribution in [-0.4, -0.2) is 19.1 Å².